The Bertz CT molecular complexity index is 925. The first kappa shape index (κ1) is 18.5. The summed E-state index contributed by atoms with van der Waals surface area (Å²) in [4.78, 5) is 23.7. The number of amides is 1. The number of nitrogens with two attached hydrogens (primary N) is 1. The number of nitrogens with zero attached hydrogens (tertiary/aromatic N) is 3. The average Bonchev–Trinajstić information content (AvgIpc) is 2.69. The number of rotatable bonds is 3. The summed E-state index contributed by atoms with van der Waals surface area (Å²) >= 11 is 0. The van der Waals surface area contributed by atoms with E-state index in [0.717, 1.165) is 28.0 Å². The minimum absolute atomic E-state index is 0.0728. The Morgan fingerprint density at radius 1 is 1.21 bits per heavy atom. The molecule has 0 aliphatic carbocycles. The summed E-state index contributed by atoms with van der Waals surface area (Å²) in [6, 6.07) is 4.06. The molecule has 4 rings (SSSR count). The van der Waals surface area contributed by atoms with Crippen LogP contribution in [-0.2, 0) is 9.53 Å². The van der Waals surface area contributed by atoms with Gasteiger partial charge in [0, 0.05) is 31.0 Å². The van der Waals surface area contributed by atoms with Crippen LogP contribution in [0.15, 0.2) is 12.1 Å². The number of benzene rings is 1. The van der Waals surface area contributed by atoms with Crippen LogP contribution in [-0.4, -0.2) is 49.3 Å². The predicted molar refractivity (Wildman–Crippen MR) is 107 cm³/mol. The molecule has 3 heterocycles. The molecule has 8 nitrogen and oxygen atoms in total. The monoisotopic (exact) mass is 383 g/mol. The molecular weight excluding hydrogens is 358 g/mol. The van der Waals surface area contributed by atoms with Crippen LogP contribution in [0.4, 0.5) is 17.6 Å². The number of nitrogen functional groups attached to an aromatic ring is 1. The van der Waals surface area contributed by atoms with E-state index in [1.807, 2.05) is 24.8 Å². The molecule has 1 fully saturated rings. The van der Waals surface area contributed by atoms with E-state index in [-0.39, 0.29) is 11.8 Å². The largest absolute Gasteiger partial charge is 0.496 e. The van der Waals surface area contributed by atoms with Gasteiger partial charge in [-0.3, -0.25) is 4.79 Å². The summed E-state index contributed by atoms with van der Waals surface area (Å²) in [6.07, 6.45) is 0.310. The molecule has 0 saturated carbocycles. The van der Waals surface area contributed by atoms with Gasteiger partial charge in [0.1, 0.15) is 17.4 Å². The first-order valence-electron chi connectivity index (χ1n) is 9.43. The van der Waals surface area contributed by atoms with Crippen LogP contribution >= 0.6 is 0 Å². The lowest BCUT2D eigenvalue weighted by Gasteiger charge is -2.31. The highest BCUT2D eigenvalue weighted by Gasteiger charge is 2.33. The van der Waals surface area contributed by atoms with Gasteiger partial charge >= 0.3 is 0 Å². The van der Waals surface area contributed by atoms with Crippen molar-refractivity contribution in [3.63, 3.8) is 0 Å². The van der Waals surface area contributed by atoms with Gasteiger partial charge in [0.2, 0.25) is 11.9 Å². The number of carbonyl (C=O) groups excluding carboxylic acids is 1. The molecule has 1 amide bonds. The smallest absolute Gasteiger partial charge is 0.229 e. The molecule has 2 aliphatic heterocycles. The van der Waals surface area contributed by atoms with Crippen LogP contribution in [0.2, 0.25) is 0 Å². The maximum absolute atomic E-state index is 12.5. The third kappa shape index (κ3) is 3.24. The first-order valence-corrected chi connectivity index (χ1v) is 9.43. The molecule has 1 atom stereocenters. The number of morpholine rings is 1. The van der Waals surface area contributed by atoms with Crippen molar-refractivity contribution >= 4 is 23.5 Å². The van der Waals surface area contributed by atoms with Gasteiger partial charge in [-0.05, 0) is 36.6 Å². The Hall–Kier alpha value is -2.87. The SMILES string of the molecule is COc1cc(C)c(C2CC(=O)Nc3nc(N4CCOCC4)nc(N)c32)cc1C. The number of carbonyl (C=O) groups is 1. The summed E-state index contributed by atoms with van der Waals surface area (Å²) in [5, 5.41) is 2.88. The van der Waals surface area contributed by atoms with Crippen molar-refractivity contribution in [1.29, 1.82) is 0 Å². The van der Waals surface area contributed by atoms with Gasteiger partial charge in [0.15, 0.2) is 0 Å². The fraction of sp³-hybridized carbons (Fsp3) is 0.450. The van der Waals surface area contributed by atoms with E-state index in [2.05, 4.69) is 21.4 Å². The molecule has 28 heavy (non-hydrogen) atoms. The molecule has 2 aromatic rings. The molecule has 0 radical (unpaired) electrons. The Kier molecular flexibility index (Phi) is 4.80. The first-order chi connectivity index (χ1) is 13.5. The highest BCUT2D eigenvalue weighted by atomic mass is 16.5. The number of aromatic nitrogens is 2. The molecule has 0 bridgehead atoms. The fourth-order valence-electron chi connectivity index (χ4n) is 3.96. The molecule has 148 valence electrons. The summed E-state index contributed by atoms with van der Waals surface area (Å²) < 4.78 is 10.8. The third-order valence-electron chi connectivity index (χ3n) is 5.41. The number of aryl methyl sites for hydroxylation is 2. The number of hydrogen-bond acceptors (Lipinski definition) is 7. The van der Waals surface area contributed by atoms with Crippen molar-refractivity contribution in [3.8, 4) is 5.75 Å². The van der Waals surface area contributed by atoms with Crippen LogP contribution in [0.1, 0.15) is 34.6 Å². The van der Waals surface area contributed by atoms with Crippen molar-refractivity contribution in [2.24, 2.45) is 0 Å². The molecule has 3 N–H and O–H groups in total. The Labute approximate surface area is 164 Å². The molecule has 1 saturated heterocycles. The quantitative estimate of drug-likeness (QED) is 0.835. The van der Waals surface area contributed by atoms with E-state index in [4.69, 9.17) is 15.2 Å². The van der Waals surface area contributed by atoms with E-state index in [0.29, 0.717) is 50.3 Å². The van der Waals surface area contributed by atoms with Gasteiger partial charge in [-0.1, -0.05) is 6.07 Å². The van der Waals surface area contributed by atoms with E-state index in [9.17, 15) is 4.79 Å². The Balaban J connectivity index is 1.79. The molecule has 2 aliphatic rings. The van der Waals surface area contributed by atoms with Gasteiger partial charge in [0.25, 0.3) is 0 Å². The third-order valence-corrected chi connectivity index (χ3v) is 5.41. The number of methoxy groups -OCH3 is 1. The molecule has 1 aromatic carbocycles. The summed E-state index contributed by atoms with van der Waals surface area (Å²) in [5.41, 5.74) is 10.3. The lowest BCUT2D eigenvalue weighted by Crippen LogP contribution is -2.38. The number of hydrogen-bond donors (Lipinski definition) is 2. The lowest BCUT2D eigenvalue weighted by molar-refractivity contribution is -0.116. The van der Waals surface area contributed by atoms with Gasteiger partial charge in [-0.25, -0.2) is 0 Å². The fourth-order valence-corrected chi connectivity index (χ4v) is 3.96. The maximum Gasteiger partial charge on any atom is 0.229 e. The predicted octanol–water partition coefficient (Wildman–Crippen LogP) is 1.99. The van der Waals surface area contributed by atoms with Crippen molar-refractivity contribution in [1.82, 2.24) is 9.97 Å². The minimum atomic E-state index is -0.188. The van der Waals surface area contributed by atoms with Crippen molar-refractivity contribution in [3.05, 3.63) is 34.4 Å². The van der Waals surface area contributed by atoms with Crippen LogP contribution in [0.5, 0.6) is 5.75 Å². The normalized spacial score (nSPS) is 19.2. The van der Waals surface area contributed by atoms with Crippen LogP contribution in [0.25, 0.3) is 0 Å². The molecule has 8 heteroatoms. The molecule has 1 aromatic heterocycles. The zero-order valence-corrected chi connectivity index (χ0v) is 16.4. The zero-order valence-electron chi connectivity index (χ0n) is 16.4. The topological polar surface area (TPSA) is 103 Å². The minimum Gasteiger partial charge on any atom is -0.496 e. The number of fused-ring (bicyclic) bond motifs is 1. The zero-order chi connectivity index (χ0) is 19.8. The Morgan fingerprint density at radius 2 is 1.96 bits per heavy atom. The summed E-state index contributed by atoms with van der Waals surface area (Å²) in [6.45, 7) is 6.66. The highest BCUT2D eigenvalue weighted by Crippen LogP contribution is 2.42. The van der Waals surface area contributed by atoms with Crippen molar-refractivity contribution in [2.75, 3.05) is 49.4 Å². The second kappa shape index (κ2) is 7.27. The average molecular weight is 383 g/mol. The number of anilines is 3. The second-order valence-electron chi connectivity index (χ2n) is 7.25. The van der Waals surface area contributed by atoms with Crippen LogP contribution < -0.4 is 20.7 Å². The van der Waals surface area contributed by atoms with Crippen LogP contribution in [0, 0.1) is 13.8 Å². The van der Waals surface area contributed by atoms with Crippen molar-refractivity contribution in [2.45, 2.75) is 26.2 Å². The Morgan fingerprint density at radius 3 is 2.68 bits per heavy atom. The number of nitrogens with one attached hydrogen (secondary N) is 1. The van der Waals surface area contributed by atoms with Gasteiger partial charge in [-0.15, -0.1) is 0 Å². The summed E-state index contributed by atoms with van der Waals surface area (Å²) in [5.74, 6) is 2.01. The van der Waals surface area contributed by atoms with E-state index in [1.54, 1.807) is 7.11 Å². The summed E-state index contributed by atoms with van der Waals surface area (Å²) in [7, 11) is 1.66. The second-order valence-corrected chi connectivity index (χ2v) is 7.25. The molecule has 0 spiro atoms. The lowest BCUT2D eigenvalue weighted by atomic mass is 9.83. The van der Waals surface area contributed by atoms with E-state index < -0.39 is 0 Å². The number of ether oxygens (including phenoxy) is 2. The van der Waals surface area contributed by atoms with Gasteiger partial charge in [0.05, 0.1) is 20.3 Å². The standard InChI is InChI=1S/C20H25N5O3/c1-11-9-15(27-3)12(2)8-13(11)14-10-16(26)22-19-17(14)18(21)23-20(24-19)25-4-6-28-7-5-25/h8-9,14H,4-7,10H2,1-3H3,(H3,21,22,23,24,26). The molecular formula is C20H25N5O3. The maximum atomic E-state index is 12.5. The van der Waals surface area contributed by atoms with E-state index in [1.165, 1.54) is 0 Å². The molecule has 1 unspecified atom stereocenters. The van der Waals surface area contributed by atoms with Gasteiger partial charge < -0.3 is 25.4 Å². The van der Waals surface area contributed by atoms with Crippen LogP contribution in [0.3, 0.4) is 0 Å². The highest BCUT2D eigenvalue weighted by molar-refractivity contribution is 5.95. The van der Waals surface area contributed by atoms with Crippen molar-refractivity contribution < 1.29 is 14.3 Å². The van der Waals surface area contributed by atoms with E-state index >= 15 is 0 Å². The van der Waals surface area contributed by atoms with Gasteiger partial charge in [-0.2, -0.15) is 9.97 Å².